The number of rotatable bonds is 1. The number of hydrazone groups is 1. The van der Waals surface area contributed by atoms with E-state index < -0.39 is 0 Å². The van der Waals surface area contributed by atoms with Gasteiger partial charge in [-0.2, -0.15) is 5.26 Å². The molecule has 6 heteroatoms. The Kier molecular flexibility index (Phi) is 8.19. The first-order chi connectivity index (χ1) is 3.81. The van der Waals surface area contributed by atoms with Crippen molar-refractivity contribution in [3.63, 3.8) is 0 Å². The molecule has 0 fully saturated rings. The maximum absolute atomic E-state index is 7.95. The summed E-state index contributed by atoms with van der Waals surface area (Å²) in [5, 5.41) is 13.4. The first kappa shape index (κ1) is 10.8. The van der Waals surface area contributed by atoms with Crippen LogP contribution in [0.4, 0.5) is 0 Å². The molecule has 0 saturated heterocycles. The molecule has 0 aromatic heterocycles. The van der Waals surface area contributed by atoms with Crippen molar-refractivity contribution in [1.82, 2.24) is 5.32 Å². The molecule has 0 aliphatic rings. The van der Waals surface area contributed by atoms with Crippen molar-refractivity contribution >= 4 is 18.4 Å². The lowest BCUT2D eigenvalue weighted by Gasteiger charge is -1.93. The van der Waals surface area contributed by atoms with Gasteiger partial charge in [0.2, 0.25) is 5.96 Å². The van der Waals surface area contributed by atoms with Gasteiger partial charge in [-0.15, -0.1) is 17.5 Å². The molecule has 0 unspecified atom stereocenters. The number of hydrogen-bond donors (Lipinski definition) is 3. The number of hydrogen-bond acceptors (Lipinski definition) is 3. The maximum atomic E-state index is 7.95. The molecule has 5 nitrogen and oxygen atoms in total. The van der Waals surface area contributed by atoms with Gasteiger partial charge in [0, 0.05) is 0 Å². The summed E-state index contributed by atoms with van der Waals surface area (Å²) < 4.78 is 0. The van der Waals surface area contributed by atoms with Crippen LogP contribution >= 0.6 is 12.4 Å². The van der Waals surface area contributed by atoms with Crippen LogP contribution in [0.2, 0.25) is 0 Å². The number of nitrogens with one attached hydrogen (secondary N) is 1. The van der Waals surface area contributed by atoms with E-state index in [1.807, 2.05) is 0 Å². The first-order valence-corrected chi connectivity index (χ1v) is 1.95. The number of nitrogens with two attached hydrogens (primary N) is 2. The largest absolute Gasteiger partial charge is 0.368 e. The topological polar surface area (TPSA) is 100 Å². The van der Waals surface area contributed by atoms with Gasteiger partial charge in [-0.3, -0.25) is 0 Å². The van der Waals surface area contributed by atoms with E-state index in [-0.39, 0.29) is 24.9 Å². The zero-order chi connectivity index (χ0) is 6.41. The van der Waals surface area contributed by atoms with Gasteiger partial charge < -0.3 is 16.9 Å². The maximum Gasteiger partial charge on any atom is 0.211 e. The number of halogens is 1. The average molecular weight is 150 g/mol. The Labute approximate surface area is 59.1 Å². The van der Waals surface area contributed by atoms with E-state index in [0.29, 0.717) is 0 Å². The Balaban J connectivity index is 0. The summed E-state index contributed by atoms with van der Waals surface area (Å²) in [6.07, 6.45) is 0. The molecule has 9 heavy (non-hydrogen) atoms. The second-order valence-corrected chi connectivity index (χ2v) is 1.03. The monoisotopic (exact) mass is 149 g/mol. The van der Waals surface area contributed by atoms with Crippen molar-refractivity contribution < 1.29 is 0 Å². The average Bonchev–Trinajstić information content (AvgIpc) is 1.83. The normalized spacial score (nSPS) is 9.00. The third kappa shape index (κ3) is 6.85. The minimum absolute atomic E-state index is 0. The minimum Gasteiger partial charge on any atom is -0.368 e. The summed E-state index contributed by atoms with van der Waals surface area (Å²) in [7, 11) is 0. The van der Waals surface area contributed by atoms with Gasteiger partial charge in [-0.1, -0.05) is 0 Å². The highest BCUT2D eigenvalue weighted by Gasteiger charge is 1.82. The molecule has 0 bridgehead atoms. The molecule has 0 rings (SSSR count). The summed E-state index contributed by atoms with van der Waals surface area (Å²) in [6, 6.07) is 1.81. The molecule has 0 aliphatic carbocycles. The van der Waals surface area contributed by atoms with Gasteiger partial charge in [0.15, 0.2) is 0 Å². The van der Waals surface area contributed by atoms with Gasteiger partial charge in [-0.05, 0) is 0 Å². The van der Waals surface area contributed by atoms with E-state index >= 15 is 0 Å². The van der Waals surface area contributed by atoms with Crippen molar-refractivity contribution in [2.75, 3.05) is 6.54 Å². The smallest absolute Gasteiger partial charge is 0.211 e. The van der Waals surface area contributed by atoms with Crippen LogP contribution in [0, 0.1) is 11.3 Å². The summed E-state index contributed by atoms with van der Waals surface area (Å²) in [6.45, 7) is 0.131. The van der Waals surface area contributed by atoms with Gasteiger partial charge in [0.05, 0.1) is 6.07 Å². The lowest BCUT2D eigenvalue weighted by Crippen LogP contribution is -2.32. The minimum atomic E-state index is 0. The van der Waals surface area contributed by atoms with Gasteiger partial charge in [0.25, 0.3) is 0 Å². The molecular weight excluding hydrogens is 142 g/mol. The number of guanidine groups is 1. The molecule has 0 aromatic rings. The van der Waals surface area contributed by atoms with Crippen LogP contribution < -0.4 is 16.9 Å². The molecule has 0 amide bonds. The molecule has 0 heterocycles. The van der Waals surface area contributed by atoms with E-state index in [1.54, 1.807) is 6.07 Å². The Hall–Kier alpha value is -1.15. The number of nitrogens with zero attached hydrogens (tertiary/aromatic N) is 2. The van der Waals surface area contributed by atoms with Gasteiger partial charge in [0.1, 0.15) is 6.54 Å². The third-order valence-electron chi connectivity index (χ3n) is 0.488. The van der Waals surface area contributed by atoms with Crippen molar-refractivity contribution in [1.29, 1.82) is 5.26 Å². The molecule has 52 valence electrons. The quantitative estimate of drug-likeness (QED) is 0.142. The van der Waals surface area contributed by atoms with Crippen molar-refractivity contribution in [3.8, 4) is 6.07 Å². The first-order valence-electron chi connectivity index (χ1n) is 1.95. The predicted octanol–water partition coefficient (Wildman–Crippen LogP) is -1.29. The lowest BCUT2D eigenvalue weighted by molar-refractivity contribution is 1.01. The second kappa shape index (κ2) is 6.85. The molecule has 0 aliphatic heterocycles. The van der Waals surface area contributed by atoms with Crippen molar-refractivity contribution in [3.05, 3.63) is 0 Å². The molecule has 0 radical (unpaired) electrons. The Bertz CT molecular complexity index is 125. The number of nitriles is 1. The molecule has 0 saturated carbocycles. The van der Waals surface area contributed by atoms with Crippen LogP contribution in [0.15, 0.2) is 5.10 Å². The van der Waals surface area contributed by atoms with Gasteiger partial charge >= 0.3 is 0 Å². The SMILES string of the molecule is Cl.N#CCNC(N)=NN. The van der Waals surface area contributed by atoms with E-state index in [9.17, 15) is 0 Å². The van der Waals surface area contributed by atoms with Crippen LogP contribution in [0.1, 0.15) is 0 Å². The Morgan fingerprint density at radius 1 is 1.78 bits per heavy atom. The Morgan fingerprint density at radius 3 is 2.67 bits per heavy atom. The van der Waals surface area contributed by atoms with E-state index in [0.717, 1.165) is 0 Å². The van der Waals surface area contributed by atoms with E-state index in [4.69, 9.17) is 16.8 Å². The molecule has 5 N–H and O–H groups in total. The summed E-state index contributed by atoms with van der Waals surface area (Å²) >= 11 is 0. The van der Waals surface area contributed by atoms with Gasteiger partial charge in [-0.25, -0.2) is 0 Å². The molecule has 0 spiro atoms. The molecule has 0 aromatic carbocycles. The fourth-order valence-corrected chi connectivity index (χ4v) is 0.176. The van der Waals surface area contributed by atoms with E-state index in [1.165, 1.54) is 0 Å². The zero-order valence-electron chi connectivity index (χ0n) is 4.66. The zero-order valence-corrected chi connectivity index (χ0v) is 5.48. The summed E-state index contributed by atoms with van der Waals surface area (Å²) in [4.78, 5) is 0. The third-order valence-corrected chi connectivity index (χ3v) is 0.488. The Morgan fingerprint density at radius 2 is 2.33 bits per heavy atom. The van der Waals surface area contributed by atoms with Crippen LogP contribution in [-0.2, 0) is 0 Å². The highest BCUT2D eigenvalue weighted by Crippen LogP contribution is 1.52. The van der Waals surface area contributed by atoms with Crippen LogP contribution in [0.5, 0.6) is 0 Å². The lowest BCUT2D eigenvalue weighted by atomic mass is 10.7. The van der Waals surface area contributed by atoms with Crippen molar-refractivity contribution in [2.45, 2.75) is 0 Å². The molecular formula is C3H8ClN5. The highest BCUT2D eigenvalue weighted by atomic mass is 35.5. The fourth-order valence-electron chi connectivity index (χ4n) is 0.176. The fraction of sp³-hybridized carbons (Fsp3) is 0.333. The van der Waals surface area contributed by atoms with Crippen LogP contribution in [0.3, 0.4) is 0 Å². The van der Waals surface area contributed by atoms with Crippen LogP contribution in [0.25, 0.3) is 0 Å². The van der Waals surface area contributed by atoms with Crippen LogP contribution in [-0.4, -0.2) is 12.5 Å². The second-order valence-electron chi connectivity index (χ2n) is 1.03. The summed E-state index contributed by atoms with van der Waals surface area (Å²) in [5.41, 5.74) is 5.02. The van der Waals surface area contributed by atoms with E-state index in [2.05, 4.69) is 10.4 Å². The summed E-state index contributed by atoms with van der Waals surface area (Å²) in [5.74, 6) is 4.78. The predicted molar refractivity (Wildman–Crippen MR) is 36.7 cm³/mol. The standard InChI is InChI=1S/C3H7N5.ClH/c4-1-2-7-3(5)8-6;/h2,6H2,(H3,5,7,8);1H. The highest BCUT2D eigenvalue weighted by molar-refractivity contribution is 5.85. The molecule has 0 atom stereocenters. The van der Waals surface area contributed by atoms with Crippen molar-refractivity contribution in [2.24, 2.45) is 16.7 Å².